The highest BCUT2D eigenvalue weighted by Crippen LogP contribution is 2.27. The Morgan fingerprint density at radius 1 is 1.12 bits per heavy atom. The molecule has 1 aromatic heterocycles. The highest BCUT2D eigenvalue weighted by molar-refractivity contribution is 5.95. The summed E-state index contributed by atoms with van der Waals surface area (Å²) in [5.41, 5.74) is 0.501. The average molecular weight is 443 g/mol. The van der Waals surface area contributed by atoms with Crippen LogP contribution in [0, 0.1) is 0 Å². The Kier molecular flexibility index (Phi) is 6.99. The summed E-state index contributed by atoms with van der Waals surface area (Å²) in [5, 5.41) is 0. The first kappa shape index (κ1) is 22.2. The molecule has 1 aromatic carbocycles. The summed E-state index contributed by atoms with van der Waals surface area (Å²) in [7, 11) is 3.11. The van der Waals surface area contributed by atoms with Gasteiger partial charge in [0.2, 0.25) is 0 Å². The fourth-order valence-corrected chi connectivity index (χ4v) is 4.50. The summed E-state index contributed by atoms with van der Waals surface area (Å²) in [4.78, 5) is 30.0. The number of benzene rings is 1. The zero-order valence-corrected chi connectivity index (χ0v) is 18.6. The van der Waals surface area contributed by atoms with Gasteiger partial charge in [0.05, 0.1) is 33.2 Å². The van der Waals surface area contributed by atoms with E-state index in [1.807, 2.05) is 4.90 Å². The molecule has 0 bridgehead atoms. The number of carbonyl (C=O) groups excluding carboxylic acids is 2. The number of methoxy groups -OCH3 is 2. The fraction of sp³-hybridized carbons (Fsp3) is 0.500. The van der Waals surface area contributed by atoms with Crippen molar-refractivity contribution in [2.45, 2.75) is 37.8 Å². The van der Waals surface area contributed by atoms with Gasteiger partial charge in [0.1, 0.15) is 11.5 Å². The van der Waals surface area contributed by atoms with Crippen molar-refractivity contribution in [3.63, 3.8) is 0 Å². The fourth-order valence-electron chi connectivity index (χ4n) is 4.50. The van der Waals surface area contributed by atoms with E-state index in [0.29, 0.717) is 49.1 Å². The maximum absolute atomic E-state index is 13.2. The van der Waals surface area contributed by atoms with Crippen LogP contribution >= 0.6 is 0 Å². The lowest BCUT2D eigenvalue weighted by atomic mass is 10.1. The first-order valence-corrected chi connectivity index (χ1v) is 11.1. The third-order valence-corrected chi connectivity index (χ3v) is 6.18. The monoisotopic (exact) mass is 442 g/mol. The highest BCUT2D eigenvalue weighted by atomic mass is 16.5. The molecule has 4 rings (SSSR count). The highest BCUT2D eigenvalue weighted by Gasteiger charge is 2.33. The second-order valence-corrected chi connectivity index (χ2v) is 8.22. The molecule has 2 heterocycles. The normalized spacial score (nSPS) is 19.1. The number of carbonyl (C=O) groups is 2. The van der Waals surface area contributed by atoms with Gasteiger partial charge in [-0.2, -0.15) is 0 Å². The number of hydrogen-bond acceptors (Lipinski definition) is 6. The lowest BCUT2D eigenvalue weighted by molar-refractivity contribution is -0.0374. The Bertz CT molecular complexity index is 900. The van der Waals surface area contributed by atoms with E-state index >= 15 is 0 Å². The minimum absolute atomic E-state index is 0.111. The summed E-state index contributed by atoms with van der Waals surface area (Å²) in [5.74, 6) is 1.24. The molecule has 2 amide bonds. The quantitative estimate of drug-likeness (QED) is 0.655. The van der Waals surface area contributed by atoms with Gasteiger partial charge in [-0.3, -0.25) is 9.59 Å². The molecule has 0 N–H and O–H groups in total. The number of amides is 2. The van der Waals surface area contributed by atoms with Gasteiger partial charge in [0, 0.05) is 37.3 Å². The van der Waals surface area contributed by atoms with Gasteiger partial charge >= 0.3 is 0 Å². The van der Waals surface area contributed by atoms with Crippen molar-refractivity contribution in [1.29, 1.82) is 0 Å². The summed E-state index contributed by atoms with van der Waals surface area (Å²) < 4.78 is 21.9. The Morgan fingerprint density at radius 3 is 2.47 bits per heavy atom. The standard InChI is InChI=1S/C24H30N2O6/c1-29-19-12-17(13-20(14-19)30-2)23(27)25-9-11-31-21(15-25)16-26(18-6-3-4-7-18)24(28)22-8-5-10-32-22/h5,8,10,12-14,18,21H,3-4,6-7,9,11,15-16H2,1-2H3. The largest absolute Gasteiger partial charge is 0.497 e. The smallest absolute Gasteiger partial charge is 0.289 e. The van der Waals surface area contributed by atoms with Crippen LogP contribution in [0.2, 0.25) is 0 Å². The summed E-state index contributed by atoms with van der Waals surface area (Å²) >= 11 is 0. The third kappa shape index (κ3) is 4.91. The molecule has 8 heteroatoms. The maximum atomic E-state index is 13.2. The van der Waals surface area contributed by atoms with Crippen LogP contribution in [0.3, 0.4) is 0 Å². The Labute approximate surface area is 188 Å². The molecule has 2 aromatic rings. The zero-order valence-electron chi connectivity index (χ0n) is 18.6. The number of ether oxygens (including phenoxy) is 3. The zero-order chi connectivity index (χ0) is 22.5. The minimum Gasteiger partial charge on any atom is -0.497 e. The third-order valence-electron chi connectivity index (χ3n) is 6.18. The van der Waals surface area contributed by atoms with Crippen LogP contribution in [0.4, 0.5) is 0 Å². The molecule has 2 aliphatic rings. The SMILES string of the molecule is COc1cc(OC)cc(C(=O)N2CCOC(CN(C(=O)c3ccco3)C3CCCC3)C2)c1. The summed E-state index contributed by atoms with van der Waals surface area (Å²) in [6.45, 7) is 1.75. The Hall–Kier alpha value is -3.00. The summed E-state index contributed by atoms with van der Waals surface area (Å²) in [6, 6.07) is 8.74. The van der Waals surface area contributed by atoms with Crippen LogP contribution in [0.5, 0.6) is 11.5 Å². The molecule has 2 fully saturated rings. The molecule has 8 nitrogen and oxygen atoms in total. The number of morpholine rings is 1. The number of nitrogens with zero attached hydrogens (tertiary/aromatic N) is 2. The molecule has 1 atom stereocenters. The molecule has 32 heavy (non-hydrogen) atoms. The number of hydrogen-bond donors (Lipinski definition) is 0. The Balaban J connectivity index is 1.47. The van der Waals surface area contributed by atoms with Crippen molar-refractivity contribution in [2.24, 2.45) is 0 Å². The van der Waals surface area contributed by atoms with E-state index in [4.69, 9.17) is 18.6 Å². The molecule has 1 aliphatic carbocycles. The van der Waals surface area contributed by atoms with E-state index in [2.05, 4.69) is 0 Å². The van der Waals surface area contributed by atoms with Crippen molar-refractivity contribution in [1.82, 2.24) is 9.80 Å². The van der Waals surface area contributed by atoms with Crippen LogP contribution in [0.25, 0.3) is 0 Å². The Morgan fingerprint density at radius 2 is 1.84 bits per heavy atom. The minimum atomic E-state index is -0.264. The van der Waals surface area contributed by atoms with Gasteiger partial charge in [-0.1, -0.05) is 12.8 Å². The predicted octanol–water partition coefficient (Wildman–Crippen LogP) is 3.22. The second-order valence-electron chi connectivity index (χ2n) is 8.22. The molecule has 0 spiro atoms. The lowest BCUT2D eigenvalue weighted by Crippen LogP contribution is -2.52. The predicted molar refractivity (Wildman–Crippen MR) is 117 cm³/mol. The van der Waals surface area contributed by atoms with Gasteiger partial charge in [-0.25, -0.2) is 0 Å². The van der Waals surface area contributed by atoms with Gasteiger partial charge in [0.15, 0.2) is 5.76 Å². The van der Waals surface area contributed by atoms with Gasteiger partial charge < -0.3 is 28.4 Å². The van der Waals surface area contributed by atoms with E-state index < -0.39 is 0 Å². The molecule has 172 valence electrons. The van der Waals surface area contributed by atoms with Crippen LogP contribution in [-0.2, 0) is 4.74 Å². The first-order valence-electron chi connectivity index (χ1n) is 11.1. The van der Waals surface area contributed by atoms with E-state index in [1.165, 1.54) is 6.26 Å². The van der Waals surface area contributed by atoms with Crippen molar-refractivity contribution < 1.29 is 28.2 Å². The maximum Gasteiger partial charge on any atom is 0.289 e. The molecule has 1 saturated carbocycles. The first-order chi connectivity index (χ1) is 15.6. The van der Waals surface area contributed by atoms with Crippen molar-refractivity contribution >= 4 is 11.8 Å². The van der Waals surface area contributed by atoms with Crippen LogP contribution < -0.4 is 9.47 Å². The molecule has 1 saturated heterocycles. The molecule has 1 aliphatic heterocycles. The van der Waals surface area contributed by atoms with Crippen molar-refractivity contribution in [3.8, 4) is 11.5 Å². The average Bonchev–Trinajstić information content (AvgIpc) is 3.56. The van der Waals surface area contributed by atoms with Crippen molar-refractivity contribution in [2.75, 3.05) is 40.5 Å². The van der Waals surface area contributed by atoms with Crippen molar-refractivity contribution in [3.05, 3.63) is 47.9 Å². The summed E-state index contributed by atoms with van der Waals surface area (Å²) in [6.07, 6.45) is 5.43. The van der Waals surface area contributed by atoms with Crippen LogP contribution in [0.15, 0.2) is 41.0 Å². The second kappa shape index (κ2) is 10.1. The van der Waals surface area contributed by atoms with Gasteiger partial charge in [-0.05, 0) is 37.1 Å². The lowest BCUT2D eigenvalue weighted by Gasteiger charge is -2.37. The van der Waals surface area contributed by atoms with Crippen LogP contribution in [0.1, 0.15) is 46.6 Å². The molecular weight excluding hydrogens is 412 g/mol. The van der Waals surface area contributed by atoms with E-state index in [1.54, 1.807) is 49.5 Å². The van der Waals surface area contributed by atoms with E-state index in [0.717, 1.165) is 25.7 Å². The van der Waals surface area contributed by atoms with Gasteiger partial charge in [-0.15, -0.1) is 0 Å². The molecular formula is C24H30N2O6. The van der Waals surface area contributed by atoms with E-state index in [9.17, 15) is 9.59 Å². The molecule has 0 radical (unpaired) electrons. The number of furan rings is 1. The van der Waals surface area contributed by atoms with Gasteiger partial charge in [0.25, 0.3) is 11.8 Å². The van der Waals surface area contributed by atoms with Crippen LogP contribution in [-0.4, -0.2) is 74.2 Å². The topological polar surface area (TPSA) is 81.5 Å². The molecule has 1 unspecified atom stereocenters. The van der Waals surface area contributed by atoms with E-state index in [-0.39, 0.29) is 24.0 Å². The number of rotatable bonds is 7.